The fraction of sp³-hybridized carbons (Fsp3) is 0.846. The van der Waals surface area contributed by atoms with E-state index in [9.17, 15) is 0 Å². The van der Waals surface area contributed by atoms with Gasteiger partial charge in [0.05, 0.1) is 0 Å². The van der Waals surface area contributed by atoms with Crippen molar-refractivity contribution in [1.82, 2.24) is 9.80 Å². The smallest absolute Gasteiger partial charge is 0.0290 e. The Morgan fingerprint density at radius 2 is 1.00 bits per heavy atom. The molecule has 0 aromatic carbocycles. The van der Waals surface area contributed by atoms with Gasteiger partial charge in [0.1, 0.15) is 0 Å². The van der Waals surface area contributed by atoms with Crippen LogP contribution in [-0.4, -0.2) is 37.0 Å². The van der Waals surface area contributed by atoms with Crippen molar-refractivity contribution in [2.24, 2.45) is 0 Å². The highest BCUT2D eigenvalue weighted by Gasteiger charge is 2.11. The summed E-state index contributed by atoms with van der Waals surface area (Å²) in [5, 5.41) is 0. The lowest BCUT2D eigenvalue weighted by Crippen LogP contribution is -2.17. The predicted molar refractivity (Wildman–Crippen MR) is 70.9 cm³/mol. The minimum absolute atomic E-state index is 1.19. The van der Waals surface area contributed by atoms with Crippen LogP contribution in [-0.2, 0) is 0 Å². The van der Waals surface area contributed by atoms with Gasteiger partial charge in [-0.15, -0.1) is 0 Å². The highest BCUT2D eigenvalue weighted by molar-refractivity contribution is 5.08. The summed E-state index contributed by atoms with van der Waals surface area (Å²) in [6.45, 7) is 14.8. The number of rotatable bonds is 0. The maximum atomic E-state index is 2.33. The van der Waals surface area contributed by atoms with Gasteiger partial charge < -0.3 is 9.80 Å². The zero-order valence-electron chi connectivity index (χ0n) is 12.0. The quantitative estimate of drug-likeness (QED) is 0.608. The highest BCUT2D eigenvalue weighted by Crippen LogP contribution is 2.15. The second kappa shape index (κ2) is 9.88. The van der Waals surface area contributed by atoms with E-state index in [0.717, 1.165) is 0 Å². The van der Waals surface area contributed by atoms with Crippen LogP contribution in [0.5, 0.6) is 0 Å². The molecule has 0 radical (unpaired) electrons. The average Bonchev–Trinajstić information content (AvgIpc) is 2.40. The van der Waals surface area contributed by atoms with Gasteiger partial charge in [0.2, 0.25) is 0 Å². The van der Waals surface area contributed by atoms with E-state index in [1.165, 1.54) is 30.9 Å². The van der Waals surface area contributed by atoms with Gasteiger partial charge in [0.25, 0.3) is 0 Å². The molecule has 0 saturated carbocycles. The van der Waals surface area contributed by atoms with Gasteiger partial charge in [-0.25, -0.2) is 0 Å². The molecule has 0 N–H and O–H groups in total. The van der Waals surface area contributed by atoms with E-state index in [1.54, 1.807) is 0 Å². The van der Waals surface area contributed by atoms with Crippen molar-refractivity contribution in [3.63, 3.8) is 0 Å². The molecule has 0 atom stereocenters. The van der Waals surface area contributed by atoms with Crippen molar-refractivity contribution in [1.29, 1.82) is 0 Å². The Bertz CT molecular complexity index is 155. The molecular weight excluding hydrogens is 184 g/mol. The van der Waals surface area contributed by atoms with Crippen molar-refractivity contribution in [2.75, 3.05) is 27.2 Å². The van der Waals surface area contributed by atoms with Crippen LogP contribution < -0.4 is 0 Å². The average molecular weight is 214 g/mol. The van der Waals surface area contributed by atoms with Crippen LogP contribution in [0.2, 0.25) is 0 Å². The maximum Gasteiger partial charge on any atom is 0.0290 e. The molecule has 0 aliphatic carbocycles. The van der Waals surface area contributed by atoms with Gasteiger partial charge in [-0.3, -0.25) is 0 Å². The fourth-order valence-corrected chi connectivity index (χ4v) is 1.43. The second-order valence-corrected chi connectivity index (χ2v) is 3.37. The first-order valence-corrected chi connectivity index (χ1v) is 6.22. The van der Waals surface area contributed by atoms with Crippen LogP contribution in [0.1, 0.15) is 48.0 Å². The largest absolute Gasteiger partial charge is 0.377 e. The molecule has 0 fully saturated rings. The molecule has 0 aromatic heterocycles. The van der Waals surface area contributed by atoms with Crippen LogP contribution in [0.3, 0.4) is 0 Å². The molecule has 0 amide bonds. The molecule has 1 heterocycles. The molecule has 0 spiro atoms. The van der Waals surface area contributed by atoms with Gasteiger partial charge in [0, 0.05) is 38.6 Å². The van der Waals surface area contributed by atoms with Crippen molar-refractivity contribution in [3.8, 4) is 0 Å². The summed E-state index contributed by atoms with van der Waals surface area (Å²) in [5.74, 6) is 0. The molecular formula is C13H30N2. The van der Waals surface area contributed by atoms with Gasteiger partial charge in [-0.05, 0) is 20.3 Å². The Labute approximate surface area is 97.0 Å². The molecule has 15 heavy (non-hydrogen) atoms. The van der Waals surface area contributed by atoms with E-state index in [-0.39, 0.29) is 0 Å². The number of nitrogens with zero attached hydrogens (tertiary/aromatic N) is 2. The minimum atomic E-state index is 1.19. The van der Waals surface area contributed by atoms with E-state index in [4.69, 9.17) is 0 Å². The summed E-state index contributed by atoms with van der Waals surface area (Å²) in [5.41, 5.74) is 2.81. The first-order valence-electron chi connectivity index (χ1n) is 6.22. The summed E-state index contributed by atoms with van der Waals surface area (Å²) < 4.78 is 0. The lowest BCUT2D eigenvalue weighted by atomic mass is 10.3. The number of hydrogen-bond donors (Lipinski definition) is 0. The first kappa shape index (κ1) is 16.8. The fourth-order valence-electron chi connectivity index (χ4n) is 1.43. The normalized spacial score (nSPS) is 16.0. The lowest BCUT2D eigenvalue weighted by Gasteiger charge is -2.21. The molecule has 0 aromatic rings. The molecule has 1 aliphatic heterocycles. The molecule has 2 heteroatoms. The minimum Gasteiger partial charge on any atom is -0.377 e. The molecule has 0 bridgehead atoms. The summed E-state index contributed by atoms with van der Waals surface area (Å²) in [6.07, 6.45) is 1.27. The zero-order chi connectivity index (χ0) is 12.4. The van der Waals surface area contributed by atoms with E-state index >= 15 is 0 Å². The van der Waals surface area contributed by atoms with Crippen LogP contribution >= 0.6 is 0 Å². The Morgan fingerprint density at radius 1 is 0.733 bits per heavy atom. The third kappa shape index (κ3) is 5.71. The Morgan fingerprint density at radius 3 is 1.27 bits per heavy atom. The molecule has 1 aliphatic rings. The lowest BCUT2D eigenvalue weighted by molar-refractivity contribution is 0.402. The van der Waals surface area contributed by atoms with Crippen molar-refractivity contribution in [2.45, 2.75) is 48.0 Å². The number of allylic oxidation sites excluding steroid dienone is 2. The predicted octanol–water partition coefficient (Wildman–Crippen LogP) is 3.56. The van der Waals surface area contributed by atoms with Gasteiger partial charge >= 0.3 is 0 Å². The summed E-state index contributed by atoms with van der Waals surface area (Å²) >= 11 is 0. The van der Waals surface area contributed by atoms with Crippen molar-refractivity contribution in [3.05, 3.63) is 11.4 Å². The van der Waals surface area contributed by atoms with Gasteiger partial charge in [0.15, 0.2) is 0 Å². The first-order chi connectivity index (χ1) is 7.13. The number of hydrogen-bond acceptors (Lipinski definition) is 2. The molecule has 92 valence electrons. The maximum absolute atomic E-state index is 2.33. The zero-order valence-corrected chi connectivity index (χ0v) is 12.0. The van der Waals surface area contributed by atoms with E-state index in [2.05, 4.69) is 37.7 Å². The molecule has 2 nitrogen and oxygen atoms in total. The van der Waals surface area contributed by atoms with E-state index < -0.39 is 0 Å². The second-order valence-electron chi connectivity index (χ2n) is 3.37. The third-order valence-electron chi connectivity index (χ3n) is 2.66. The molecule has 1 rings (SSSR count). The van der Waals surface area contributed by atoms with Crippen LogP contribution in [0.25, 0.3) is 0 Å². The third-order valence-corrected chi connectivity index (χ3v) is 2.66. The molecule has 0 saturated heterocycles. The Kier molecular flexibility index (Phi) is 11.0. The summed E-state index contributed by atoms with van der Waals surface area (Å²) in [7, 11) is 4.33. The van der Waals surface area contributed by atoms with E-state index in [0.29, 0.717) is 0 Å². The highest BCUT2D eigenvalue weighted by atomic mass is 15.2. The van der Waals surface area contributed by atoms with Crippen LogP contribution in [0.4, 0.5) is 0 Å². The van der Waals surface area contributed by atoms with Crippen molar-refractivity contribution >= 4 is 0 Å². The van der Waals surface area contributed by atoms with Crippen LogP contribution in [0.15, 0.2) is 11.4 Å². The Hall–Kier alpha value is -0.660. The molecule has 0 unspecified atom stereocenters. The SMILES string of the molecule is CC.CC.CC1=C(C)N(C)CCCN1C. The van der Waals surface area contributed by atoms with E-state index in [1.807, 2.05) is 27.7 Å². The summed E-state index contributed by atoms with van der Waals surface area (Å²) in [6, 6.07) is 0. The summed E-state index contributed by atoms with van der Waals surface area (Å²) in [4.78, 5) is 4.66. The van der Waals surface area contributed by atoms with Crippen molar-refractivity contribution < 1.29 is 0 Å². The van der Waals surface area contributed by atoms with Gasteiger partial charge in [-0.1, -0.05) is 27.7 Å². The van der Waals surface area contributed by atoms with Crippen LogP contribution in [0, 0.1) is 0 Å². The monoisotopic (exact) mass is 214 g/mol. The Balaban J connectivity index is 0. The standard InChI is InChI=1S/C9H18N2.2C2H6/c1-8-9(2)11(4)7-5-6-10(8)3;2*1-2/h5-7H2,1-4H3;2*1-2H3. The topological polar surface area (TPSA) is 6.48 Å². The van der Waals surface area contributed by atoms with Gasteiger partial charge in [-0.2, -0.15) is 0 Å².